The third-order valence-corrected chi connectivity index (χ3v) is 6.07. The van der Waals surface area contributed by atoms with Crippen LogP contribution in [0.2, 0.25) is 0 Å². The number of carboxylic acid groups (broad SMARTS) is 1. The quantitative estimate of drug-likeness (QED) is 0.444. The molecule has 0 unspecified atom stereocenters. The van der Waals surface area contributed by atoms with E-state index in [0.717, 1.165) is 28.9 Å². The number of hydrogen-bond acceptors (Lipinski definition) is 4. The number of ether oxygens (including phenoxy) is 2. The number of rotatable bonds is 3. The molecule has 1 N–H and O–H groups in total. The van der Waals surface area contributed by atoms with Gasteiger partial charge in [0.25, 0.3) is 0 Å². The number of carbonyl (C=O) groups excluding carboxylic acids is 1. The Morgan fingerprint density at radius 2 is 1.55 bits per heavy atom. The molecular formula is C23H18F8N2O5. The van der Waals surface area contributed by atoms with Crippen molar-refractivity contribution in [1.29, 1.82) is 0 Å². The second-order valence-corrected chi connectivity index (χ2v) is 8.68. The second kappa shape index (κ2) is 9.20. The molecule has 0 fully saturated rings. The zero-order valence-electron chi connectivity index (χ0n) is 19.3. The van der Waals surface area contributed by atoms with Gasteiger partial charge in [0.1, 0.15) is 0 Å². The summed E-state index contributed by atoms with van der Waals surface area (Å²) in [7, 11) is 0. The molecule has 206 valence electrons. The van der Waals surface area contributed by atoms with Crippen molar-refractivity contribution in [2.45, 2.75) is 51.0 Å². The highest BCUT2D eigenvalue weighted by Crippen LogP contribution is 2.49. The van der Waals surface area contributed by atoms with Gasteiger partial charge in [-0.25, -0.2) is 4.79 Å². The monoisotopic (exact) mass is 554 g/mol. The van der Waals surface area contributed by atoms with Gasteiger partial charge in [0, 0.05) is 31.6 Å². The Hall–Kier alpha value is -3.78. The van der Waals surface area contributed by atoms with Crippen molar-refractivity contribution in [3.05, 3.63) is 52.6 Å². The molecule has 0 bridgehead atoms. The molecule has 15 heteroatoms. The molecule has 2 aromatic carbocycles. The number of alkyl halides is 8. The Morgan fingerprint density at radius 1 is 1.00 bits per heavy atom. The van der Waals surface area contributed by atoms with E-state index >= 15 is 0 Å². The lowest BCUT2D eigenvalue weighted by Crippen LogP contribution is -2.33. The van der Waals surface area contributed by atoms with E-state index in [1.165, 1.54) is 0 Å². The van der Waals surface area contributed by atoms with Crippen LogP contribution >= 0.6 is 0 Å². The minimum atomic E-state index is -5.11. The fourth-order valence-corrected chi connectivity index (χ4v) is 4.49. The van der Waals surface area contributed by atoms with E-state index in [2.05, 4.69) is 9.47 Å². The van der Waals surface area contributed by atoms with Crippen LogP contribution in [0.3, 0.4) is 0 Å². The lowest BCUT2D eigenvalue weighted by molar-refractivity contribution is -0.286. The molecule has 0 radical (unpaired) electrons. The summed E-state index contributed by atoms with van der Waals surface area (Å²) in [6.45, 7) is 0.172. The van der Waals surface area contributed by atoms with Gasteiger partial charge in [-0.15, -0.1) is 8.78 Å². The number of hydrogen-bond donors (Lipinski definition) is 1. The molecule has 0 saturated carbocycles. The molecule has 38 heavy (non-hydrogen) atoms. The fraction of sp³-hybridized carbons (Fsp3) is 0.391. The van der Waals surface area contributed by atoms with Gasteiger partial charge in [0.15, 0.2) is 11.5 Å². The van der Waals surface area contributed by atoms with Crippen molar-refractivity contribution in [3.63, 3.8) is 0 Å². The number of anilines is 1. The molecule has 2 aromatic rings. The largest absolute Gasteiger partial charge is 0.586 e. The van der Waals surface area contributed by atoms with Crippen LogP contribution in [0.4, 0.5) is 45.6 Å². The van der Waals surface area contributed by atoms with E-state index < -0.39 is 71.4 Å². The van der Waals surface area contributed by atoms with Crippen molar-refractivity contribution in [1.82, 2.24) is 4.90 Å². The first kappa shape index (κ1) is 27.3. The molecule has 0 aromatic heterocycles. The molecule has 7 nitrogen and oxygen atoms in total. The van der Waals surface area contributed by atoms with Crippen molar-refractivity contribution in [3.8, 4) is 11.5 Å². The first-order chi connectivity index (χ1) is 17.5. The van der Waals surface area contributed by atoms with Crippen LogP contribution in [-0.4, -0.2) is 34.8 Å². The second-order valence-electron chi connectivity index (χ2n) is 8.68. The molecule has 2 aliphatic rings. The average molecular weight is 554 g/mol. The number of nitrogens with zero attached hydrogens (tertiary/aromatic N) is 2. The topological polar surface area (TPSA) is 79.3 Å². The SMILES string of the molecule is CC(=O)N(Cc1cc(C(F)(F)F)cc(C(F)(F)F)c1)[C@H]1CCCN(C(=O)O)c2cc3c(cc21)OC(F)(F)O3. The zero-order chi connectivity index (χ0) is 28.2. The van der Waals surface area contributed by atoms with Gasteiger partial charge in [-0.2, -0.15) is 26.3 Å². The maximum absolute atomic E-state index is 13.7. The number of benzene rings is 2. The van der Waals surface area contributed by atoms with E-state index in [1.54, 1.807) is 0 Å². The number of halogens is 8. The van der Waals surface area contributed by atoms with Crippen molar-refractivity contribution in [2.24, 2.45) is 0 Å². The Kier molecular flexibility index (Phi) is 6.60. The van der Waals surface area contributed by atoms with Gasteiger partial charge >= 0.3 is 24.7 Å². The van der Waals surface area contributed by atoms with Crippen LogP contribution in [0, 0.1) is 0 Å². The summed E-state index contributed by atoms with van der Waals surface area (Å²) < 4.78 is 116. The standard InChI is InChI=1S/C23H18F8N2O5/c1-11(34)33(10-12-5-13(21(24,25)26)7-14(6-12)22(27,28)29)16-3-2-4-32(20(35)36)17-9-19-18(8-15(16)17)37-23(30,31)38-19/h5-9,16H,2-4,10H2,1H3,(H,35,36)/t16-/m0/s1. The molecule has 1 atom stereocenters. The highest BCUT2D eigenvalue weighted by atomic mass is 19.4. The molecule has 2 aliphatic heterocycles. The molecule has 2 heterocycles. The lowest BCUT2D eigenvalue weighted by Gasteiger charge is -2.32. The maximum atomic E-state index is 13.7. The van der Waals surface area contributed by atoms with Crippen LogP contribution in [-0.2, 0) is 23.7 Å². The van der Waals surface area contributed by atoms with E-state index in [0.29, 0.717) is 12.1 Å². The van der Waals surface area contributed by atoms with Crippen LogP contribution in [0.1, 0.15) is 48.1 Å². The van der Waals surface area contributed by atoms with E-state index in [1.807, 2.05) is 0 Å². The molecular weight excluding hydrogens is 536 g/mol. The zero-order valence-corrected chi connectivity index (χ0v) is 19.3. The van der Waals surface area contributed by atoms with Gasteiger partial charge in [-0.05, 0) is 42.7 Å². The molecule has 2 amide bonds. The van der Waals surface area contributed by atoms with Gasteiger partial charge < -0.3 is 19.5 Å². The summed E-state index contributed by atoms with van der Waals surface area (Å²) >= 11 is 0. The van der Waals surface area contributed by atoms with Gasteiger partial charge in [-0.3, -0.25) is 9.69 Å². The first-order valence-electron chi connectivity index (χ1n) is 11.0. The summed E-state index contributed by atoms with van der Waals surface area (Å²) in [6, 6.07) is 1.80. The van der Waals surface area contributed by atoms with Crippen molar-refractivity contribution >= 4 is 17.7 Å². The lowest BCUT2D eigenvalue weighted by atomic mass is 9.97. The van der Waals surface area contributed by atoms with Crippen LogP contribution in [0.15, 0.2) is 30.3 Å². The number of amides is 2. The van der Waals surface area contributed by atoms with Crippen molar-refractivity contribution in [2.75, 3.05) is 11.4 Å². The average Bonchev–Trinajstić information content (AvgIpc) is 2.96. The minimum Gasteiger partial charge on any atom is -0.465 e. The summed E-state index contributed by atoms with van der Waals surface area (Å²) in [6.07, 6.45) is -15.6. The Morgan fingerprint density at radius 3 is 2.05 bits per heavy atom. The highest BCUT2D eigenvalue weighted by molar-refractivity contribution is 5.89. The van der Waals surface area contributed by atoms with Gasteiger partial charge in [0.05, 0.1) is 22.9 Å². The van der Waals surface area contributed by atoms with Gasteiger partial charge in [0.2, 0.25) is 5.91 Å². The maximum Gasteiger partial charge on any atom is 0.586 e. The van der Waals surface area contributed by atoms with E-state index in [4.69, 9.17) is 0 Å². The fourth-order valence-electron chi connectivity index (χ4n) is 4.49. The number of fused-ring (bicyclic) bond motifs is 2. The minimum absolute atomic E-state index is 0.0110. The van der Waals surface area contributed by atoms with Crippen LogP contribution in [0.25, 0.3) is 0 Å². The predicted octanol–water partition coefficient (Wildman–Crippen LogP) is 6.41. The molecule has 0 spiro atoms. The highest BCUT2D eigenvalue weighted by Gasteiger charge is 2.45. The summed E-state index contributed by atoms with van der Waals surface area (Å²) in [5.41, 5.74) is -3.80. The first-order valence-corrected chi connectivity index (χ1v) is 11.0. The predicted molar refractivity (Wildman–Crippen MR) is 113 cm³/mol. The Balaban J connectivity index is 1.82. The normalized spacial score (nSPS) is 18.6. The number of carbonyl (C=O) groups is 2. The molecule has 0 saturated heterocycles. The van der Waals surface area contributed by atoms with Crippen LogP contribution in [0.5, 0.6) is 11.5 Å². The summed E-state index contributed by atoms with van der Waals surface area (Å²) in [5.74, 6) is -1.73. The summed E-state index contributed by atoms with van der Waals surface area (Å²) in [5, 5.41) is 9.66. The Bertz CT molecular complexity index is 1250. The van der Waals surface area contributed by atoms with Gasteiger partial charge in [-0.1, -0.05) is 0 Å². The third-order valence-electron chi connectivity index (χ3n) is 6.07. The summed E-state index contributed by atoms with van der Waals surface area (Å²) in [4.78, 5) is 26.3. The smallest absolute Gasteiger partial charge is 0.465 e. The Labute approximate surface area is 209 Å². The molecule has 0 aliphatic carbocycles. The van der Waals surface area contributed by atoms with E-state index in [-0.39, 0.29) is 36.7 Å². The van der Waals surface area contributed by atoms with Crippen molar-refractivity contribution < 1.29 is 59.3 Å². The third kappa shape index (κ3) is 5.41. The van der Waals surface area contributed by atoms with E-state index in [9.17, 15) is 49.8 Å². The van der Waals surface area contributed by atoms with Crippen LogP contribution < -0.4 is 14.4 Å². The molecule has 4 rings (SSSR count).